The molecule has 0 aliphatic rings. The van der Waals surface area contributed by atoms with E-state index in [2.05, 4.69) is 10.2 Å². The molecule has 86 valence electrons. The van der Waals surface area contributed by atoms with Crippen molar-refractivity contribution in [3.05, 3.63) is 57.9 Å². The molecular weight excluding hydrogens is 236 g/mol. The van der Waals surface area contributed by atoms with E-state index < -0.39 is 0 Å². The van der Waals surface area contributed by atoms with Crippen molar-refractivity contribution in [1.82, 2.24) is 10.2 Å². The summed E-state index contributed by atoms with van der Waals surface area (Å²) >= 11 is 5.79. The highest BCUT2D eigenvalue weighted by atomic mass is 35.5. The molecule has 3 nitrogen and oxygen atoms in total. The van der Waals surface area contributed by atoms with Crippen LogP contribution in [0.25, 0.3) is 0 Å². The molecule has 0 saturated carbocycles. The molecule has 17 heavy (non-hydrogen) atoms. The van der Waals surface area contributed by atoms with Crippen molar-refractivity contribution in [3.63, 3.8) is 0 Å². The van der Waals surface area contributed by atoms with Gasteiger partial charge < -0.3 is 0 Å². The van der Waals surface area contributed by atoms with Crippen LogP contribution in [0.1, 0.15) is 27.2 Å². The van der Waals surface area contributed by atoms with Gasteiger partial charge in [-0.15, -0.1) is 0 Å². The second kappa shape index (κ2) is 4.63. The van der Waals surface area contributed by atoms with Crippen LogP contribution >= 0.6 is 11.6 Å². The summed E-state index contributed by atoms with van der Waals surface area (Å²) in [5.74, 6) is -0.0495. The maximum absolute atomic E-state index is 12.3. The van der Waals surface area contributed by atoms with Crippen LogP contribution in [0.2, 0.25) is 5.02 Å². The van der Waals surface area contributed by atoms with Gasteiger partial charge in [-0.1, -0.05) is 11.6 Å². The molecule has 0 saturated heterocycles. The maximum Gasteiger partial charge on any atom is 0.195 e. The van der Waals surface area contributed by atoms with Crippen molar-refractivity contribution < 1.29 is 4.79 Å². The number of aromatic nitrogens is 2. The highest BCUT2D eigenvalue weighted by Gasteiger charge is 2.15. The van der Waals surface area contributed by atoms with Crippen molar-refractivity contribution in [1.29, 1.82) is 0 Å². The summed E-state index contributed by atoms with van der Waals surface area (Å²) in [5, 5.41) is 8.33. The Bertz CT molecular complexity index is 544. The normalized spacial score (nSPS) is 10.3. The van der Waals surface area contributed by atoms with Crippen LogP contribution in [0.5, 0.6) is 0 Å². The zero-order chi connectivity index (χ0) is 12.4. The van der Waals surface area contributed by atoms with Crippen molar-refractivity contribution in [3.8, 4) is 0 Å². The first-order valence-electron chi connectivity index (χ1n) is 5.18. The lowest BCUT2D eigenvalue weighted by Gasteiger charge is -2.06. The van der Waals surface area contributed by atoms with Crippen LogP contribution in [0, 0.1) is 13.8 Å². The molecule has 0 spiro atoms. The Kier molecular flexibility index (Phi) is 3.20. The molecule has 1 aromatic carbocycles. The molecule has 0 bridgehead atoms. The average molecular weight is 247 g/mol. The Balaban J connectivity index is 2.47. The second-order valence-electron chi connectivity index (χ2n) is 3.82. The Labute approximate surface area is 104 Å². The fraction of sp³-hybridized carbons (Fsp3) is 0.154. The van der Waals surface area contributed by atoms with Crippen molar-refractivity contribution in [2.45, 2.75) is 13.8 Å². The lowest BCUT2D eigenvalue weighted by atomic mass is 9.99. The van der Waals surface area contributed by atoms with Crippen LogP contribution in [-0.2, 0) is 0 Å². The van der Waals surface area contributed by atoms with E-state index in [4.69, 9.17) is 11.6 Å². The quantitative estimate of drug-likeness (QED) is 0.765. The number of rotatable bonds is 2. The highest BCUT2D eigenvalue weighted by Crippen LogP contribution is 2.17. The lowest BCUT2D eigenvalue weighted by Crippen LogP contribution is -2.08. The van der Waals surface area contributed by atoms with Gasteiger partial charge in [0.25, 0.3) is 0 Å². The topological polar surface area (TPSA) is 42.9 Å². The van der Waals surface area contributed by atoms with Crippen molar-refractivity contribution in [2.75, 3.05) is 0 Å². The lowest BCUT2D eigenvalue weighted by molar-refractivity contribution is 0.103. The van der Waals surface area contributed by atoms with E-state index in [9.17, 15) is 4.79 Å². The number of carbonyl (C=O) groups excluding carboxylic acids is 1. The third-order valence-corrected chi connectivity index (χ3v) is 2.80. The molecule has 0 unspecified atom stereocenters. The van der Waals surface area contributed by atoms with Crippen LogP contribution in [0.4, 0.5) is 0 Å². The van der Waals surface area contributed by atoms with Crippen LogP contribution in [0.3, 0.4) is 0 Å². The second-order valence-corrected chi connectivity index (χ2v) is 4.26. The Morgan fingerprint density at radius 3 is 2.41 bits per heavy atom. The van der Waals surface area contributed by atoms with Gasteiger partial charge in [-0.2, -0.15) is 10.2 Å². The minimum atomic E-state index is -0.0495. The van der Waals surface area contributed by atoms with E-state index in [1.165, 1.54) is 0 Å². The fourth-order valence-corrected chi connectivity index (χ4v) is 1.82. The third-order valence-electron chi connectivity index (χ3n) is 2.55. The summed E-state index contributed by atoms with van der Waals surface area (Å²) in [6.07, 6.45) is 1.59. The Morgan fingerprint density at radius 1 is 1.18 bits per heavy atom. The monoisotopic (exact) mass is 246 g/mol. The van der Waals surface area contributed by atoms with Crippen LogP contribution in [-0.4, -0.2) is 16.0 Å². The van der Waals surface area contributed by atoms with Crippen LogP contribution in [0.15, 0.2) is 30.5 Å². The summed E-state index contributed by atoms with van der Waals surface area (Å²) in [4.78, 5) is 12.3. The van der Waals surface area contributed by atoms with E-state index in [0.717, 1.165) is 5.56 Å². The predicted molar refractivity (Wildman–Crippen MR) is 66.4 cm³/mol. The van der Waals surface area contributed by atoms with Gasteiger partial charge in [-0.25, -0.2) is 0 Å². The summed E-state index contributed by atoms with van der Waals surface area (Å²) in [5.41, 5.74) is 2.69. The van der Waals surface area contributed by atoms with E-state index in [0.29, 0.717) is 21.8 Å². The molecule has 0 radical (unpaired) electrons. The molecular formula is C13H11ClN2O. The number of ketones is 1. The number of benzene rings is 1. The smallest absolute Gasteiger partial charge is 0.195 e. The van der Waals surface area contributed by atoms with Gasteiger partial charge in [0.1, 0.15) is 0 Å². The molecule has 0 aliphatic heterocycles. The van der Waals surface area contributed by atoms with E-state index in [1.54, 1.807) is 37.4 Å². The van der Waals surface area contributed by atoms with Gasteiger partial charge in [-0.05, 0) is 43.7 Å². The van der Waals surface area contributed by atoms with Crippen molar-refractivity contribution in [2.24, 2.45) is 0 Å². The summed E-state index contributed by atoms with van der Waals surface area (Å²) in [6.45, 7) is 3.63. The Morgan fingerprint density at radius 2 is 1.82 bits per heavy atom. The van der Waals surface area contributed by atoms with E-state index in [1.807, 2.05) is 6.92 Å². The molecule has 0 N–H and O–H groups in total. The Hall–Kier alpha value is -1.74. The minimum absolute atomic E-state index is 0.0495. The summed E-state index contributed by atoms with van der Waals surface area (Å²) < 4.78 is 0. The van der Waals surface area contributed by atoms with Gasteiger partial charge in [-0.3, -0.25) is 4.79 Å². The summed E-state index contributed by atoms with van der Waals surface area (Å²) in [7, 11) is 0. The molecule has 1 aromatic heterocycles. The third kappa shape index (κ3) is 2.34. The average Bonchev–Trinajstić information content (AvgIpc) is 2.29. The maximum atomic E-state index is 12.3. The number of carbonyl (C=O) groups is 1. The van der Waals surface area contributed by atoms with Gasteiger partial charge in [0.2, 0.25) is 0 Å². The van der Waals surface area contributed by atoms with E-state index >= 15 is 0 Å². The van der Waals surface area contributed by atoms with Gasteiger partial charge in [0.05, 0.1) is 17.5 Å². The number of hydrogen-bond donors (Lipinski definition) is 0. The van der Waals surface area contributed by atoms with Gasteiger partial charge in [0.15, 0.2) is 5.78 Å². The van der Waals surface area contributed by atoms with Gasteiger partial charge >= 0.3 is 0 Å². The first kappa shape index (κ1) is 11.7. The number of hydrogen-bond acceptors (Lipinski definition) is 3. The molecule has 1 heterocycles. The largest absolute Gasteiger partial charge is 0.289 e. The molecule has 2 rings (SSSR count). The molecule has 0 atom stereocenters. The minimum Gasteiger partial charge on any atom is -0.289 e. The molecule has 0 fully saturated rings. The zero-order valence-corrected chi connectivity index (χ0v) is 10.3. The van der Waals surface area contributed by atoms with Gasteiger partial charge in [0, 0.05) is 10.6 Å². The number of aryl methyl sites for hydroxylation is 2. The van der Waals surface area contributed by atoms with Crippen LogP contribution < -0.4 is 0 Å². The zero-order valence-electron chi connectivity index (χ0n) is 9.57. The predicted octanol–water partition coefficient (Wildman–Crippen LogP) is 2.98. The highest BCUT2D eigenvalue weighted by molar-refractivity contribution is 6.30. The SMILES string of the molecule is Cc1cnnc(C)c1C(=O)c1ccc(Cl)cc1. The molecule has 2 aromatic rings. The standard InChI is InChI=1S/C13H11ClN2O/c1-8-7-15-16-9(2)12(8)13(17)10-3-5-11(14)6-4-10/h3-7H,1-2H3. The number of nitrogens with zero attached hydrogens (tertiary/aromatic N) is 2. The molecule has 0 amide bonds. The van der Waals surface area contributed by atoms with E-state index in [-0.39, 0.29) is 5.78 Å². The summed E-state index contributed by atoms with van der Waals surface area (Å²) in [6, 6.07) is 6.83. The number of halogens is 1. The fourth-order valence-electron chi connectivity index (χ4n) is 1.69. The first-order valence-corrected chi connectivity index (χ1v) is 5.56. The molecule has 4 heteroatoms. The van der Waals surface area contributed by atoms with Crippen molar-refractivity contribution >= 4 is 17.4 Å². The first-order chi connectivity index (χ1) is 8.09. The molecule has 0 aliphatic carbocycles.